The van der Waals surface area contributed by atoms with Crippen molar-refractivity contribution in [3.8, 4) is 5.75 Å². The molecule has 1 atom stereocenters. The Hall–Kier alpha value is -2.29. The Kier molecular flexibility index (Phi) is 8.31. The number of methoxy groups -OCH3 is 1. The second kappa shape index (κ2) is 10.5. The number of nitrogens with zero attached hydrogens (tertiary/aromatic N) is 3. The topological polar surface area (TPSA) is 63.0 Å². The minimum atomic E-state index is 0. The molecule has 0 aliphatic rings. The summed E-state index contributed by atoms with van der Waals surface area (Å²) in [7, 11) is 3.48. The van der Waals surface area contributed by atoms with Gasteiger partial charge in [-0.05, 0) is 38.5 Å². The summed E-state index contributed by atoms with van der Waals surface area (Å²) in [6.07, 6.45) is 4.94. The average molecular weight is 507 g/mol. The molecule has 0 bridgehead atoms. The number of aromatic nitrogens is 2. The predicted octanol–water partition coefficient (Wildman–Crippen LogP) is 4.05. The van der Waals surface area contributed by atoms with Crippen LogP contribution in [0.1, 0.15) is 35.3 Å². The van der Waals surface area contributed by atoms with Crippen LogP contribution in [0.4, 0.5) is 0 Å². The molecule has 0 aliphatic heterocycles. The van der Waals surface area contributed by atoms with E-state index in [0.29, 0.717) is 0 Å². The number of imidazole rings is 1. The number of halogens is 1. The highest BCUT2D eigenvalue weighted by molar-refractivity contribution is 14.0. The van der Waals surface area contributed by atoms with Gasteiger partial charge >= 0.3 is 0 Å². The molecule has 2 heterocycles. The number of fused-ring (bicyclic) bond motifs is 1. The number of nitrogens with one attached hydrogen (secondary N) is 2. The number of hydrogen-bond acceptors (Lipinski definition) is 3. The maximum atomic E-state index is 5.50. The summed E-state index contributed by atoms with van der Waals surface area (Å²) in [5.41, 5.74) is 5.57. The second-order valence-corrected chi connectivity index (χ2v) is 7.01. The monoisotopic (exact) mass is 507 g/mol. The molecular weight excluding hydrogens is 477 g/mol. The standard InChI is InChI=1S/C22H29N5O.HI/c1-15-8-9-20(28-5)19(13-15)17(3)25-22(23-4)24-11-10-18-14-27-12-6-7-16(2)21(27)26-18;/h6-9,12-14,17H,10-11H2,1-5H3,(H2,23,24,25);1H. The molecule has 6 nitrogen and oxygen atoms in total. The first-order chi connectivity index (χ1) is 13.5. The molecule has 0 saturated heterocycles. The Morgan fingerprint density at radius 2 is 2.07 bits per heavy atom. The van der Waals surface area contributed by atoms with Crippen LogP contribution in [-0.4, -0.2) is 36.0 Å². The minimum absolute atomic E-state index is 0. The van der Waals surface area contributed by atoms with E-state index in [2.05, 4.69) is 65.2 Å². The molecule has 156 valence electrons. The van der Waals surface area contributed by atoms with E-state index in [9.17, 15) is 0 Å². The van der Waals surface area contributed by atoms with Crippen LogP contribution in [0, 0.1) is 13.8 Å². The van der Waals surface area contributed by atoms with Gasteiger partial charge in [0.15, 0.2) is 5.96 Å². The van der Waals surface area contributed by atoms with Crippen molar-refractivity contribution in [1.82, 2.24) is 20.0 Å². The molecule has 1 unspecified atom stereocenters. The summed E-state index contributed by atoms with van der Waals surface area (Å²) >= 11 is 0. The molecule has 0 spiro atoms. The third-order valence-corrected chi connectivity index (χ3v) is 4.83. The molecule has 0 fully saturated rings. The molecule has 29 heavy (non-hydrogen) atoms. The van der Waals surface area contributed by atoms with Gasteiger partial charge < -0.3 is 19.8 Å². The summed E-state index contributed by atoms with van der Waals surface area (Å²) in [4.78, 5) is 9.07. The van der Waals surface area contributed by atoms with Crippen LogP contribution in [0.25, 0.3) is 5.65 Å². The largest absolute Gasteiger partial charge is 0.496 e. The van der Waals surface area contributed by atoms with Crippen molar-refractivity contribution in [2.24, 2.45) is 4.99 Å². The number of benzene rings is 1. The van der Waals surface area contributed by atoms with Gasteiger partial charge in [-0.1, -0.05) is 23.8 Å². The van der Waals surface area contributed by atoms with E-state index in [0.717, 1.165) is 41.6 Å². The molecule has 0 aliphatic carbocycles. The van der Waals surface area contributed by atoms with Gasteiger partial charge in [0.05, 0.1) is 18.8 Å². The number of pyridine rings is 1. The summed E-state index contributed by atoms with van der Waals surface area (Å²) in [5, 5.41) is 6.82. The maximum Gasteiger partial charge on any atom is 0.191 e. The summed E-state index contributed by atoms with van der Waals surface area (Å²) in [5.74, 6) is 1.64. The molecular formula is C22H30IN5O. The fraction of sp³-hybridized carbons (Fsp3) is 0.364. The first-order valence-corrected chi connectivity index (χ1v) is 9.56. The van der Waals surface area contributed by atoms with Crippen LogP contribution in [0.15, 0.2) is 47.7 Å². The van der Waals surface area contributed by atoms with Gasteiger partial charge in [0.25, 0.3) is 0 Å². The van der Waals surface area contributed by atoms with Gasteiger partial charge in [-0.3, -0.25) is 4.99 Å². The highest BCUT2D eigenvalue weighted by Gasteiger charge is 2.13. The quantitative estimate of drug-likeness (QED) is 0.300. The van der Waals surface area contributed by atoms with Gasteiger partial charge in [-0.15, -0.1) is 24.0 Å². The Morgan fingerprint density at radius 1 is 1.28 bits per heavy atom. The SMILES string of the molecule is CN=C(NCCc1cn2cccc(C)c2n1)NC(C)c1cc(C)ccc1OC.I. The molecule has 0 radical (unpaired) electrons. The molecule has 3 aromatic rings. The molecule has 7 heteroatoms. The zero-order valence-electron chi connectivity index (χ0n) is 17.7. The van der Waals surface area contributed by atoms with Crippen LogP contribution < -0.4 is 15.4 Å². The lowest BCUT2D eigenvalue weighted by molar-refractivity contribution is 0.405. The Labute approximate surface area is 189 Å². The Balaban J connectivity index is 0.00000300. The van der Waals surface area contributed by atoms with Crippen molar-refractivity contribution in [2.45, 2.75) is 33.2 Å². The molecule has 2 aromatic heterocycles. The van der Waals surface area contributed by atoms with Gasteiger partial charge in [-0.25, -0.2) is 4.98 Å². The number of aliphatic imine (C=N–C) groups is 1. The predicted molar refractivity (Wildman–Crippen MR) is 130 cm³/mol. The fourth-order valence-corrected chi connectivity index (χ4v) is 3.30. The highest BCUT2D eigenvalue weighted by Crippen LogP contribution is 2.25. The third kappa shape index (κ3) is 5.62. The second-order valence-electron chi connectivity index (χ2n) is 7.01. The van der Waals surface area contributed by atoms with Gasteiger partial charge in [0, 0.05) is 38.0 Å². The van der Waals surface area contributed by atoms with Gasteiger partial charge in [0.2, 0.25) is 0 Å². The van der Waals surface area contributed by atoms with Crippen molar-refractivity contribution in [3.05, 3.63) is 65.1 Å². The summed E-state index contributed by atoms with van der Waals surface area (Å²) in [6, 6.07) is 10.4. The first kappa shape index (κ1) is 23.0. The number of aryl methyl sites for hydroxylation is 2. The first-order valence-electron chi connectivity index (χ1n) is 9.56. The summed E-state index contributed by atoms with van der Waals surface area (Å²) < 4.78 is 7.58. The lowest BCUT2D eigenvalue weighted by Crippen LogP contribution is -2.39. The highest BCUT2D eigenvalue weighted by atomic mass is 127. The van der Waals surface area contributed by atoms with Crippen LogP contribution >= 0.6 is 24.0 Å². The number of hydrogen-bond donors (Lipinski definition) is 2. The molecule has 3 rings (SSSR count). The van der Waals surface area contributed by atoms with Gasteiger partial charge in [0.1, 0.15) is 11.4 Å². The van der Waals surface area contributed by atoms with Crippen molar-refractivity contribution in [2.75, 3.05) is 20.7 Å². The number of guanidine groups is 1. The molecule has 1 aromatic carbocycles. The number of rotatable bonds is 6. The normalized spacial score (nSPS) is 12.4. The van der Waals surface area contributed by atoms with E-state index in [1.54, 1.807) is 14.2 Å². The van der Waals surface area contributed by atoms with Crippen LogP contribution in [-0.2, 0) is 6.42 Å². The van der Waals surface area contributed by atoms with E-state index >= 15 is 0 Å². The number of ether oxygens (including phenoxy) is 1. The van der Waals surface area contributed by atoms with E-state index in [-0.39, 0.29) is 30.0 Å². The Bertz CT molecular complexity index is 982. The lowest BCUT2D eigenvalue weighted by atomic mass is 10.0. The van der Waals surface area contributed by atoms with E-state index in [1.807, 2.05) is 18.3 Å². The third-order valence-electron chi connectivity index (χ3n) is 4.83. The zero-order valence-corrected chi connectivity index (χ0v) is 20.0. The Morgan fingerprint density at radius 3 is 2.76 bits per heavy atom. The van der Waals surface area contributed by atoms with Crippen molar-refractivity contribution in [3.63, 3.8) is 0 Å². The smallest absolute Gasteiger partial charge is 0.191 e. The molecule has 0 amide bonds. The van der Waals surface area contributed by atoms with E-state index < -0.39 is 0 Å². The van der Waals surface area contributed by atoms with E-state index in [4.69, 9.17) is 9.72 Å². The summed E-state index contributed by atoms with van der Waals surface area (Å²) in [6.45, 7) is 7.02. The van der Waals surface area contributed by atoms with Crippen molar-refractivity contribution < 1.29 is 4.74 Å². The molecule has 2 N–H and O–H groups in total. The van der Waals surface area contributed by atoms with Gasteiger partial charge in [-0.2, -0.15) is 0 Å². The zero-order chi connectivity index (χ0) is 20.1. The minimum Gasteiger partial charge on any atom is -0.496 e. The molecule has 0 saturated carbocycles. The van der Waals surface area contributed by atoms with E-state index in [1.165, 1.54) is 11.1 Å². The maximum absolute atomic E-state index is 5.50. The van der Waals surface area contributed by atoms with Crippen LogP contribution in [0.5, 0.6) is 5.75 Å². The van der Waals surface area contributed by atoms with Crippen molar-refractivity contribution in [1.29, 1.82) is 0 Å². The fourth-order valence-electron chi connectivity index (χ4n) is 3.30. The van der Waals surface area contributed by atoms with Crippen LogP contribution in [0.2, 0.25) is 0 Å². The lowest BCUT2D eigenvalue weighted by Gasteiger charge is -2.20. The van der Waals surface area contributed by atoms with Crippen molar-refractivity contribution >= 4 is 35.6 Å². The van der Waals surface area contributed by atoms with Crippen LogP contribution in [0.3, 0.4) is 0 Å². The average Bonchev–Trinajstić information content (AvgIpc) is 3.11.